The second kappa shape index (κ2) is 5.06. The topological polar surface area (TPSA) is 55.5 Å². The molecule has 0 aliphatic heterocycles. The van der Waals surface area contributed by atoms with Crippen LogP contribution in [-0.2, 0) is 0 Å². The predicted molar refractivity (Wildman–Crippen MR) is 67.9 cm³/mol. The number of halogens is 1. The Kier molecular flexibility index (Phi) is 3.48. The lowest BCUT2D eigenvalue weighted by Crippen LogP contribution is -2.03. The van der Waals surface area contributed by atoms with Gasteiger partial charge in [-0.05, 0) is 29.8 Å². The highest BCUT2D eigenvalue weighted by molar-refractivity contribution is 5.42. The van der Waals surface area contributed by atoms with Gasteiger partial charge in [-0.15, -0.1) is 0 Å². The van der Waals surface area contributed by atoms with Crippen molar-refractivity contribution in [3.05, 3.63) is 59.4 Å². The Morgan fingerprint density at radius 1 is 1.17 bits per heavy atom. The smallest absolute Gasteiger partial charge is 0.133 e. The van der Waals surface area contributed by atoms with Crippen molar-refractivity contribution in [2.75, 3.05) is 12.8 Å². The van der Waals surface area contributed by atoms with Crippen LogP contribution in [0.3, 0.4) is 0 Å². The predicted octanol–water partition coefficient (Wildman–Crippen LogP) is 2.50. The van der Waals surface area contributed by atoms with Crippen LogP contribution in [-0.4, -0.2) is 12.2 Å². The van der Waals surface area contributed by atoms with Crippen LogP contribution in [0.4, 0.5) is 10.1 Å². The zero-order chi connectivity index (χ0) is 13.1. The minimum absolute atomic E-state index is 0.209. The van der Waals surface area contributed by atoms with E-state index in [0.29, 0.717) is 17.0 Å². The molecule has 2 aromatic rings. The van der Waals surface area contributed by atoms with Gasteiger partial charge in [-0.25, -0.2) is 4.39 Å². The number of anilines is 1. The van der Waals surface area contributed by atoms with E-state index in [-0.39, 0.29) is 5.56 Å². The Hall–Kier alpha value is -2.07. The van der Waals surface area contributed by atoms with E-state index in [1.807, 2.05) is 0 Å². The Morgan fingerprint density at radius 3 is 2.39 bits per heavy atom. The highest BCUT2D eigenvalue weighted by Gasteiger charge is 2.15. The second-order valence-electron chi connectivity index (χ2n) is 3.96. The Bertz CT molecular complexity index is 540. The van der Waals surface area contributed by atoms with Crippen molar-refractivity contribution in [1.82, 2.24) is 0 Å². The minimum atomic E-state index is -1.02. The summed E-state index contributed by atoms with van der Waals surface area (Å²) < 4.78 is 18.7. The highest BCUT2D eigenvalue weighted by atomic mass is 19.1. The standard InChI is InChI=1S/C14H14FNO2/c1-18-11-6-7-12(13(15)8-11)14(17)9-2-4-10(16)5-3-9/h2-8,14,17H,16H2,1H3. The fourth-order valence-corrected chi connectivity index (χ4v) is 1.71. The SMILES string of the molecule is COc1ccc(C(O)c2ccc(N)cc2)c(F)c1. The van der Waals surface area contributed by atoms with Crippen molar-refractivity contribution < 1.29 is 14.2 Å². The molecule has 4 heteroatoms. The number of methoxy groups -OCH3 is 1. The molecule has 0 heterocycles. The first-order valence-corrected chi connectivity index (χ1v) is 5.48. The molecule has 0 saturated carbocycles. The first-order valence-electron chi connectivity index (χ1n) is 5.48. The summed E-state index contributed by atoms with van der Waals surface area (Å²) in [6, 6.07) is 11.0. The van der Waals surface area contributed by atoms with E-state index in [4.69, 9.17) is 10.5 Å². The summed E-state index contributed by atoms with van der Waals surface area (Å²) in [6.07, 6.45) is -1.02. The molecule has 2 rings (SSSR count). The van der Waals surface area contributed by atoms with Crippen molar-refractivity contribution in [3.63, 3.8) is 0 Å². The van der Waals surface area contributed by atoms with Crippen LogP contribution >= 0.6 is 0 Å². The summed E-state index contributed by atoms with van der Waals surface area (Å²) in [5.74, 6) is -0.0839. The summed E-state index contributed by atoms with van der Waals surface area (Å²) >= 11 is 0. The van der Waals surface area contributed by atoms with Crippen molar-refractivity contribution in [1.29, 1.82) is 0 Å². The van der Waals surface area contributed by atoms with Crippen LogP contribution < -0.4 is 10.5 Å². The van der Waals surface area contributed by atoms with Gasteiger partial charge in [0.2, 0.25) is 0 Å². The van der Waals surface area contributed by atoms with Crippen LogP contribution in [0.1, 0.15) is 17.2 Å². The lowest BCUT2D eigenvalue weighted by molar-refractivity contribution is 0.214. The second-order valence-corrected chi connectivity index (χ2v) is 3.96. The van der Waals surface area contributed by atoms with E-state index in [1.54, 1.807) is 30.3 Å². The summed E-state index contributed by atoms with van der Waals surface area (Å²) in [4.78, 5) is 0. The summed E-state index contributed by atoms with van der Waals surface area (Å²) in [6.45, 7) is 0. The van der Waals surface area contributed by atoms with Crippen molar-refractivity contribution in [3.8, 4) is 5.75 Å². The Labute approximate surface area is 105 Å². The Balaban J connectivity index is 2.33. The fraction of sp³-hybridized carbons (Fsp3) is 0.143. The molecule has 1 atom stereocenters. The van der Waals surface area contributed by atoms with Crippen LogP contribution in [0.2, 0.25) is 0 Å². The van der Waals surface area contributed by atoms with Gasteiger partial charge < -0.3 is 15.6 Å². The number of nitrogen functional groups attached to an aromatic ring is 1. The van der Waals surface area contributed by atoms with Gasteiger partial charge in [-0.3, -0.25) is 0 Å². The Morgan fingerprint density at radius 2 is 1.83 bits per heavy atom. The number of nitrogens with two attached hydrogens (primary N) is 1. The molecule has 0 aliphatic carbocycles. The summed E-state index contributed by atoms with van der Waals surface area (Å²) in [5.41, 5.74) is 6.96. The number of hydrogen-bond donors (Lipinski definition) is 2. The monoisotopic (exact) mass is 247 g/mol. The van der Waals surface area contributed by atoms with E-state index in [2.05, 4.69) is 0 Å². The van der Waals surface area contributed by atoms with Gasteiger partial charge in [0.05, 0.1) is 7.11 Å². The maximum Gasteiger partial charge on any atom is 0.133 e. The minimum Gasteiger partial charge on any atom is -0.497 e. The molecule has 0 radical (unpaired) electrons. The quantitative estimate of drug-likeness (QED) is 0.819. The van der Waals surface area contributed by atoms with Crippen LogP contribution in [0.5, 0.6) is 5.75 Å². The molecule has 2 aromatic carbocycles. The van der Waals surface area contributed by atoms with Crippen LogP contribution in [0.15, 0.2) is 42.5 Å². The van der Waals surface area contributed by atoms with Gasteiger partial charge in [0, 0.05) is 17.3 Å². The van der Waals surface area contributed by atoms with E-state index in [9.17, 15) is 9.50 Å². The van der Waals surface area contributed by atoms with E-state index in [0.717, 1.165) is 0 Å². The highest BCUT2D eigenvalue weighted by Crippen LogP contribution is 2.27. The molecular weight excluding hydrogens is 233 g/mol. The largest absolute Gasteiger partial charge is 0.497 e. The maximum atomic E-state index is 13.8. The average Bonchev–Trinajstić information content (AvgIpc) is 2.38. The third-order valence-electron chi connectivity index (χ3n) is 2.75. The number of benzene rings is 2. The lowest BCUT2D eigenvalue weighted by atomic mass is 10.0. The van der Waals surface area contributed by atoms with Gasteiger partial charge in [-0.1, -0.05) is 12.1 Å². The van der Waals surface area contributed by atoms with Crippen molar-refractivity contribution >= 4 is 5.69 Å². The number of aliphatic hydroxyl groups excluding tert-OH is 1. The van der Waals surface area contributed by atoms with Crippen molar-refractivity contribution in [2.45, 2.75) is 6.10 Å². The van der Waals surface area contributed by atoms with Gasteiger partial charge in [-0.2, -0.15) is 0 Å². The lowest BCUT2D eigenvalue weighted by Gasteiger charge is -2.13. The molecule has 0 fully saturated rings. The van der Waals surface area contributed by atoms with E-state index >= 15 is 0 Å². The molecule has 1 unspecified atom stereocenters. The molecular formula is C14H14FNO2. The first-order chi connectivity index (χ1) is 8.61. The average molecular weight is 247 g/mol. The first kappa shape index (κ1) is 12.4. The van der Waals surface area contributed by atoms with Crippen LogP contribution in [0, 0.1) is 5.82 Å². The van der Waals surface area contributed by atoms with Gasteiger partial charge in [0.15, 0.2) is 0 Å². The molecule has 0 amide bonds. The molecule has 0 saturated heterocycles. The molecule has 18 heavy (non-hydrogen) atoms. The van der Waals surface area contributed by atoms with Gasteiger partial charge in [0.25, 0.3) is 0 Å². The zero-order valence-corrected chi connectivity index (χ0v) is 9.93. The molecule has 0 aliphatic rings. The van der Waals surface area contributed by atoms with E-state index < -0.39 is 11.9 Å². The molecule has 94 valence electrons. The zero-order valence-electron chi connectivity index (χ0n) is 9.93. The number of rotatable bonds is 3. The van der Waals surface area contributed by atoms with Crippen LogP contribution in [0.25, 0.3) is 0 Å². The third kappa shape index (κ3) is 2.43. The molecule has 0 spiro atoms. The summed E-state index contributed by atoms with van der Waals surface area (Å²) in [5, 5.41) is 10.1. The molecule has 0 bridgehead atoms. The molecule has 3 N–H and O–H groups in total. The normalized spacial score (nSPS) is 12.2. The molecule has 3 nitrogen and oxygen atoms in total. The summed E-state index contributed by atoms with van der Waals surface area (Å²) in [7, 11) is 1.46. The number of ether oxygens (including phenoxy) is 1. The van der Waals surface area contributed by atoms with Gasteiger partial charge >= 0.3 is 0 Å². The maximum absolute atomic E-state index is 13.8. The van der Waals surface area contributed by atoms with E-state index in [1.165, 1.54) is 19.2 Å². The van der Waals surface area contributed by atoms with Gasteiger partial charge in [0.1, 0.15) is 17.7 Å². The number of aliphatic hydroxyl groups is 1. The third-order valence-corrected chi connectivity index (χ3v) is 2.75. The fourth-order valence-electron chi connectivity index (χ4n) is 1.71. The van der Waals surface area contributed by atoms with Crippen molar-refractivity contribution in [2.24, 2.45) is 0 Å². The molecule has 0 aromatic heterocycles. The number of hydrogen-bond acceptors (Lipinski definition) is 3.